The van der Waals surface area contributed by atoms with Crippen molar-refractivity contribution >= 4 is 38.9 Å². The Hall–Kier alpha value is -2.62. The van der Waals surface area contributed by atoms with Gasteiger partial charge in [-0.2, -0.15) is 0 Å². The van der Waals surface area contributed by atoms with Crippen LogP contribution in [0.1, 0.15) is 33.4 Å². The number of hydrogen-bond acceptors (Lipinski definition) is 5. The number of benzene rings is 2. The maximum atomic E-state index is 12.1. The molecule has 2 N–H and O–H groups in total. The van der Waals surface area contributed by atoms with Crippen molar-refractivity contribution in [2.24, 2.45) is 0 Å². The molecule has 0 unspecified atom stereocenters. The molecule has 0 aliphatic heterocycles. The molecule has 0 atom stereocenters. The Kier molecular flexibility index (Phi) is 6.50. The quantitative estimate of drug-likeness (QED) is 0.332. The molecule has 0 fully saturated rings. The number of halogens is 1. The van der Waals surface area contributed by atoms with Crippen LogP contribution in [-0.2, 0) is 11.2 Å². The van der Waals surface area contributed by atoms with Crippen LogP contribution in [-0.4, -0.2) is 17.6 Å². The fourth-order valence-corrected chi connectivity index (χ4v) is 4.00. The fourth-order valence-electron chi connectivity index (χ4n) is 2.59. The Morgan fingerprint density at radius 3 is 2.75 bits per heavy atom. The highest BCUT2D eigenvalue weighted by Gasteiger charge is 2.18. The summed E-state index contributed by atoms with van der Waals surface area (Å²) >= 11 is 4.81. The molecule has 3 rings (SSSR count). The minimum Gasteiger partial charge on any atom is -0.462 e. The van der Waals surface area contributed by atoms with Crippen LogP contribution >= 0.6 is 27.3 Å². The van der Waals surface area contributed by atoms with E-state index in [2.05, 4.69) is 32.8 Å². The molecule has 6 heteroatoms. The number of anilines is 1. The number of aryl methyl sites for hydroxylation is 1. The van der Waals surface area contributed by atoms with Crippen molar-refractivity contribution in [1.82, 2.24) is 4.98 Å². The van der Waals surface area contributed by atoms with Gasteiger partial charge in [0.25, 0.3) is 0 Å². The Morgan fingerprint density at radius 2 is 2.04 bits per heavy atom. The van der Waals surface area contributed by atoms with Gasteiger partial charge < -0.3 is 10.5 Å². The Labute approximate surface area is 176 Å². The molecule has 0 spiro atoms. The van der Waals surface area contributed by atoms with E-state index in [0.717, 1.165) is 26.2 Å². The highest BCUT2D eigenvalue weighted by molar-refractivity contribution is 9.10. The van der Waals surface area contributed by atoms with Crippen LogP contribution in [0.4, 0.5) is 5.69 Å². The van der Waals surface area contributed by atoms with E-state index in [1.165, 1.54) is 11.3 Å². The van der Waals surface area contributed by atoms with Crippen LogP contribution in [0.3, 0.4) is 0 Å². The third-order valence-electron chi connectivity index (χ3n) is 3.99. The van der Waals surface area contributed by atoms with E-state index in [1.807, 2.05) is 42.5 Å². The highest BCUT2D eigenvalue weighted by Crippen LogP contribution is 2.34. The molecule has 0 bridgehead atoms. The molecule has 2 aromatic carbocycles. The summed E-state index contributed by atoms with van der Waals surface area (Å²) in [5.41, 5.74) is 10.2. The van der Waals surface area contributed by atoms with Gasteiger partial charge in [-0.15, -0.1) is 11.3 Å². The monoisotopic (exact) mass is 454 g/mol. The number of rotatable bonds is 4. The van der Waals surface area contributed by atoms with Crippen LogP contribution in [0.5, 0.6) is 0 Å². The van der Waals surface area contributed by atoms with E-state index >= 15 is 0 Å². The molecule has 1 aromatic heterocycles. The zero-order valence-corrected chi connectivity index (χ0v) is 18.0. The van der Waals surface area contributed by atoms with E-state index < -0.39 is 0 Å². The van der Waals surface area contributed by atoms with E-state index in [0.29, 0.717) is 29.3 Å². The van der Waals surface area contributed by atoms with E-state index in [-0.39, 0.29) is 5.97 Å². The summed E-state index contributed by atoms with van der Waals surface area (Å²) in [5, 5.41) is 0.729. The highest BCUT2D eigenvalue weighted by atomic mass is 79.9. The SMILES string of the molecule is CCOC(=O)c1sc(-c2cc(Br)c(N)c(C#CCc3ccccc3)c2)nc1C. The zero-order chi connectivity index (χ0) is 20.1. The first-order valence-corrected chi connectivity index (χ1v) is 10.4. The maximum absolute atomic E-state index is 12.1. The van der Waals surface area contributed by atoms with Crippen LogP contribution < -0.4 is 5.73 Å². The number of nitrogens with zero attached hydrogens (tertiary/aromatic N) is 1. The summed E-state index contributed by atoms with van der Waals surface area (Å²) in [7, 11) is 0. The van der Waals surface area contributed by atoms with Gasteiger partial charge in [-0.1, -0.05) is 42.2 Å². The van der Waals surface area contributed by atoms with Crippen molar-refractivity contribution in [1.29, 1.82) is 0 Å². The normalized spacial score (nSPS) is 10.2. The number of hydrogen-bond donors (Lipinski definition) is 1. The lowest BCUT2D eigenvalue weighted by molar-refractivity contribution is 0.0531. The summed E-state index contributed by atoms with van der Waals surface area (Å²) in [5.74, 6) is 5.99. The number of ether oxygens (including phenoxy) is 1. The molecular formula is C22H19BrN2O2S. The first-order valence-electron chi connectivity index (χ1n) is 8.76. The summed E-state index contributed by atoms with van der Waals surface area (Å²) < 4.78 is 5.85. The summed E-state index contributed by atoms with van der Waals surface area (Å²) in [4.78, 5) is 17.1. The molecule has 0 aliphatic carbocycles. The molecule has 0 radical (unpaired) electrons. The number of carbonyl (C=O) groups is 1. The van der Waals surface area contributed by atoms with Gasteiger partial charge in [0.15, 0.2) is 0 Å². The average Bonchev–Trinajstić information content (AvgIpc) is 3.08. The lowest BCUT2D eigenvalue weighted by atomic mass is 10.1. The lowest BCUT2D eigenvalue weighted by Crippen LogP contribution is -2.03. The molecule has 0 saturated carbocycles. The third kappa shape index (κ3) is 4.61. The Bertz CT molecular complexity index is 1070. The molecule has 0 amide bonds. The van der Waals surface area contributed by atoms with Crippen LogP contribution in [0, 0.1) is 18.8 Å². The second kappa shape index (κ2) is 9.05. The lowest BCUT2D eigenvalue weighted by Gasteiger charge is -2.05. The minimum atomic E-state index is -0.346. The van der Waals surface area contributed by atoms with Crippen LogP contribution in [0.15, 0.2) is 46.9 Å². The largest absolute Gasteiger partial charge is 0.462 e. The van der Waals surface area contributed by atoms with Gasteiger partial charge in [0, 0.05) is 22.0 Å². The van der Waals surface area contributed by atoms with Crippen LogP contribution in [0.25, 0.3) is 10.6 Å². The Morgan fingerprint density at radius 1 is 1.29 bits per heavy atom. The van der Waals surface area contributed by atoms with Crippen molar-refractivity contribution in [2.45, 2.75) is 20.3 Å². The number of carbonyl (C=O) groups excluding carboxylic acids is 1. The number of nitrogen functional groups attached to an aromatic ring is 1. The topological polar surface area (TPSA) is 65.2 Å². The van der Waals surface area contributed by atoms with Crippen molar-refractivity contribution in [3.8, 4) is 22.4 Å². The van der Waals surface area contributed by atoms with Gasteiger partial charge in [0.1, 0.15) is 9.88 Å². The second-order valence-corrected chi connectivity index (χ2v) is 7.89. The van der Waals surface area contributed by atoms with Gasteiger partial charge in [-0.05, 0) is 47.5 Å². The predicted octanol–water partition coefficient (Wildman–Crippen LogP) is 5.23. The molecule has 142 valence electrons. The van der Waals surface area contributed by atoms with E-state index in [4.69, 9.17) is 10.5 Å². The van der Waals surface area contributed by atoms with Crippen molar-refractivity contribution < 1.29 is 9.53 Å². The van der Waals surface area contributed by atoms with E-state index in [9.17, 15) is 4.79 Å². The fraction of sp³-hybridized carbons (Fsp3) is 0.182. The standard InChI is InChI=1S/C22H19BrN2O2S/c1-3-27-22(26)20-14(2)25-21(28-20)17-12-16(19(24)18(23)13-17)11-7-10-15-8-5-4-6-9-15/h4-6,8-9,12-13H,3,10,24H2,1-2H3. The van der Waals surface area contributed by atoms with Crippen molar-refractivity contribution in [3.63, 3.8) is 0 Å². The van der Waals surface area contributed by atoms with Gasteiger partial charge >= 0.3 is 5.97 Å². The first kappa shape index (κ1) is 20.1. The minimum absolute atomic E-state index is 0.333. The average molecular weight is 455 g/mol. The molecule has 3 aromatic rings. The van der Waals surface area contributed by atoms with Crippen molar-refractivity contribution in [3.05, 3.63) is 68.6 Å². The molecule has 0 saturated heterocycles. The maximum Gasteiger partial charge on any atom is 0.350 e. The Balaban J connectivity index is 1.92. The molecule has 4 nitrogen and oxygen atoms in total. The summed E-state index contributed by atoms with van der Waals surface area (Å²) in [6, 6.07) is 13.9. The van der Waals surface area contributed by atoms with Gasteiger partial charge in [-0.25, -0.2) is 9.78 Å². The zero-order valence-electron chi connectivity index (χ0n) is 15.6. The van der Waals surface area contributed by atoms with E-state index in [1.54, 1.807) is 13.8 Å². The smallest absolute Gasteiger partial charge is 0.350 e. The second-order valence-electron chi connectivity index (χ2n) is 6.04. The predicted molar refractivity (Wildman–Crippen MR) is 117 cm³/mol. The van der Waals surface area contributed by atoms with Gasteiger partial charge in [0.2, 0.25) is 0 Å². The number of nitrogens with two attached hydrogens (primary N) is 1. The third-order valence-corrected chi connectivity index (χ3v) is 5.83. The van der Waals surface area contributed by atoms with Gasteiger partial charge in [-0.3, -0.25) is 0 Å². The molecular weight excluding hydrogens is 436 g/mol. The summed E-state index contributed by atoms with van der Waals surface area (Å²) in [6.07, 6.45) is 0.644. The number of thiazole rings is 1. The molecule has 0 aliphatic rings. The first-order chi connectivity index (χ1) is 13.5. The number of aromatic nitrogens is 1. The molecule has 28 heavy (non-hydrogen) atoms. The van der Waals surface area contributed by atoms with Gasteiger partial charge in [0.05, 0.1) is 18.0 Å². The molecule has 1 heterocycles. The number of esters is 1. The van der Waals surface area contributed by atoms with Crippen LogP contribution in [0.2, 0.25) is 0 Å². The van der Waals surface area contributed by atoms with Crippen molar-refractivity contribution in [2.75, 3.05) is 12.3 Å². The summed E-state index contributed by atoms with van der Waals surface area (Å²) in [6.45, 7) is 3.92.